The zero-order chi connectivity index (χ0) is 14.7. The maximum atomic E-state index is 13.4. The Morgan fingerprint density at radius 1 is 1.05 bits per heavy atom. The first-order chi connectivity index (χ1) is 9.47. The maximum absolute atomic E-state index is 13.4. The van der Waals surface area contributed by atoms with Gasteiger partial charge in [-0.1, -0.05) is 0 Å². The lowest BCUT2D eigenvalue weighted by atomic mass is 10.1. The van der Waals surface area contributed by atoms with Crippen molar-refractivity contribution in [2.75, 3.05) is 0 Å². The van der Waals surface area contributed by atoms with Crippen molar-refractivity contribution in [2.24, 2.45) is 0 Å². The van der Waals surface area contributed by atoms with Gasteiger partial charge in [0.05, 0.1) is 6.10 Å². The van der Waals surface area contributed by atoms with Crippen LogP contribution in [0.25, 0.3) is 0 Å². The van der Waals surface area contributed by atoms with E-state index in [2.05, 4.69) is 0 Å². The van der Waals surface area contributed by atoms with E-state index >= 15 is 0 Å². The topological polar surface area (TPSA) is 29.5 Å². The molecule has 0 amide bonds. The van der Waals surface area contributed by atoms with E-state index in [-0.39, 0.29) is 23.5 Å². The lowest BCUT2D eigenvalue weighted by Crippen LogP contribution is -2.03. The van der Waals surface area contributed by atoms with Crippen molar-refractivity contribution in [3.63, 3.8) is 0 Å². The molecular weight excluding hydrogens is 269 g/mol. The van der Waals surface area contributed by atoms with E-state index in [0.717, 1.165) is 24.3 Å². The quantitative estimate of drug-likeness (QED) is 0.925. The Kier molecular flexibility index (Phi) is 4.29. The van der Waals surface area contributed by atoms with Crippen molar-refractivity contribution < 1.29 is 23.0 Å². The van der Waals surface area contributed by atoms with Gasteiger partial charge in [-0.25, -0.2) is 13.2 Å². The molecule has 0 heterocycles. The highest BCUT2D eigenvalue weighted by atomic mass is 19.1. The van der Waals surface area contributed by atoms with E-state index in [1.165, 1.54) is 19.1 Å². The van der Waals surface area contributed by atoms with Crippen LogP contribution in [0.3, 0.4) is 0 Å². The van der Waals surface area contributed by atoms with Gasteiger partial charge in [-0.15, -0.1) is 0 Å². The summed E-state index contributed by atoms with van der Waals surface area (Å²) in [4.78, 5) is 0. The van der Waals surface area contributed by atoms with Crippen molar-refractivity contribution in [2.45, 2.75) is 19.6 Å². The van der Waals surface area contributed by atoms with Crippen LogP contribution in [-0.2, 0) is 6.61 Å². The summed E-state index contributed by atoms with van der Waals surface area (Å²) < 4.78 is 44.9. The van der Waals surface area contributed by atoms with E-state index in [0.29, 0.717) is 0 Å². The molecule has 0 aliphatic rings. The van der Waals surface area contributed by atoms with Gasteiger partial charge in [0.25, 0.3) is 0 Å². The minimum Gasteiger partial charge on any atom is -0.488 e. The standard InChI is InChI=1S/C15H13F3O2/c1-9(19)13-7-12(17)3-5-15(13)20-8-10-6-11(16)2-4-14(10)18/h2-7,9,19H,8H2,1H3/t9-/m1/s1. The molecule has 1 atom stereocenters. The molecular formula is C15H13F3O2. The molecule has 0 aromatic heterocycles. The van der Waals surface area contributed by atoms with Gasteiger partial charge >= 0.3 is 0 Å². The fraction of sp³-hybridized carbons (Fsp3) is 0.200. The molecule has 0 saturated heterocycles. The smallest absolute Gasteiger partial charge is 0.130 e. The normalized spacial score (nSPS) is 12.2. The molecule has 0 fully saturated rings. The summed E-state index contributed by atoms with van der Waals surface area (Å²) in [6.07, 6.45) is -0.932. The summed E-state index contributed by atoms with van der Waals surface area (Å²) in [5, 5.41) is 9.54. The molecule has 0 radical (unpaired) electrons. The summed E-state index contributed by atoms with van der Waals surface area (Å²) in [6, 6.07) is 6.70. The van der Waals surface area contributed by atoms with Crippen LogP contribution in [0.4, 0.5) is 13.2 Å². The van der Waals surface area contributed by atoms with Crippen LogP contribution < -0.4 is 4.74 Å². The van der Waals surface area contributed by atoms with Gasteiger partial charge in [0, 0.05) is 11.1 Å². The van der Waals surface area contributed by atoms with Gasteiger partial charge in [-0.3, -0.25) is 0 Å². The van der Waals surface area contributed by atoms with Crippen LogP contribution in [0.15, 0.2) is 36.4 Å². The number of hydrogen-bond acceptors (Lipinski definition) is 2. The van der Waals surface area contributed by atoms with Gasteiger partial charge < -0.3 is 9.84 Å². The van der Waals surface area contributed by atoms with Gasteiger partial charge in [-0.2, -0.15) is 0 Å². The molecule has 0 unspecified atom stereocenters. The first kappa shape index (κ1) is 14.4. The molecule has 20 heavy (non-hydrogen) atoms. The van der Waals surface area contributed by atoms with E-state index < -0.39 is 23.6 Å². The molecule has 0 aliphatic carbocycles. The highest BCUT2D eigenvalue weighted by Crippen LogP contribution is 2.27. The van der Waals surface area contributed by atoms with Crippen molar-refractivity contribution in [3.05, 3.63) is 65.0 Å². The number of hydrogen-bond donors (Lipinski definition) is 1. The first-order valence-corrected chi connectivity index (χ1v) is 6.01. The lowest BCUT2D eigenvalue weighted by molar-refractivity contribution is 0.189. The molecule has 0 aliphatic heterocycles. The van der Waals surface area contributed by atoms with Gasteiger partial charge in [-0.05, 0) is 43.3 Å². The fourth-order valence-corrected chi connectivity index (χ4v) is 1.79. The molecule has 5 heteroatoms. The largest absolute Gasteiger partial charge is 0.488 e. The molecule has 0 bridgehead atoms. The van der Waals surface area contributed by atoms with E-state index in [1.807, 2.05) is 0 Å². The summed E-state index contributed by atoms with van der Waals surface area (Å²) >= 11 is 0. The second-order valence-corrected chi connectivity index (χ2v) is 4.38. The van der Waals surface area contributed by atoms with Crippen molar-refractivity contribution in [1.29, 1.82) is 0 Å². The zero-order valence-electron chi connectivity index (χ0n) is 10.7. The number of aliphatic hydroxyl groups excluding tert-OH is 1. The molecule has 0 saturated carbocycles. The Hall–Kier alpha value is -2.01. The van der Waals surface area contributed by atoms with Crippen molar-refractivity contribution in [1.82, 2.24) is 0 Å². The number of halogens is 3. The summed E-state index contributed by atoms with van der Waals surface area (Å²) in [5.41, 5.74) is 0.299. The lowest BCUT2D eigenvalue weighted by Gasteiger charge is -2.14. The first-order valence-electron chi connectivity index (χ1n) is 6.01. The van der Waals surface area contributed by atoms with Gasteiger partial charge in [0.2, 0.25) is 0 Å². The SMILES string of the molecule is C[C@@H](O)c1cc(F)ccc1OCc1cc(F)ccc1F. The Bertz CT molecular complexity index is 612. The zero-order valence-corrected chi connectivity index (χ0v) is 10.7. The molecule has 0 spiro atoms. The Balaban J connectivity index is 2.20. The van der Waals surface area contributed by atoms with Crippen LogP contribution in [0.1, 0.15) is 24.2 Å². The predicted molar refractivity (Wildman–Crippen MR) is 67.7 cm³/mol. The Labute approximate surface area is 114 Å². The minimum absolute atomic E-state index is 0.0471. The predicted octanol–water partition coefficient (Wildman–Crippen LogP) is 3.74. The Morgan fingerprint density at radius 2 is 1.70 bits per heavy atom. The van der Waals surface area contributed by atoms with Gasteiger partial charge in [0.1, 0.15) is 29.8 Å². The van der Waals surface area contributed by atoms with Crippen LogP contribution in [0.5, 0.6) is 5.75 Å². The average molecular weight is 282 g/mol. The van der Waals surface area contributed by atoms with Crippen LogP contribution >= 0.6 is 0 Å². The third-order valence-corrected chi connectivity index (χ3v) is 2.81. The monoisotopic (exact) mass is 282 g/mol. The summed E-state index contributed by atoms with van der Waals surface area (Å²) in [6.45, 7) is 1.25. The summed E-state index contributed by atoms with van der Waals surface area (Å²) in [5.74, 6) is -1.44. The number of ether oxygens (including phenoxy) is 1. The van der Waals surface area contributed by atoms with Crippen LogP contribution in [0.2, 0.25) is 0 Å². The second kappa shape index (κ2) is 5.96. The second-order valence-electron chi connectivity index (χ2n) is 4.38. The number of aliphatic hydroxyl groups is 1. The molecule has 2 nitrogen and oxygen atoms in total. The third-order valence-electron chi connectivity index (χ3n) is 2.81. The van der Waals surface area contributed by atoms with E-state index in [1.54, 1.807) is 0 Å². The fourth-order valence-electron chi connectivity index (χ4n) is 1.79. The summed E-state index contributed by atoms with van der Waals surface area (Å²) in [7, 11) is 0. The van der Waals surface area contributed by atoms with E-state index in [4.69, 9.17) is 4.74 Å². The molecule has 106 valence electrons. The highest BCUT2D eigenvalue weighted by molar-refractivity contribution is 5.35. The third kappa shape index (κ3) is 3.30. The average Bonchev–Trinajstić information content (AvgIpc) is 2.40. The Morgan fingerprint density at radius 3 is 2.40 bits per heavy atom. The molecule has 2 aromatic rings. The maximum Gasteiger partial charge on any atom is 0.130 e. The minimum atomic E-state index is -0.932. The van der Waals surface area contributed by atoms with Crippen LogP contribution in [-0.4, -0.2) is 5.11 Å². The molecule has 2 rings (SSSR count). The van der Waals surface area contributed by atoms with Crippen molar-refractivity contribution >= 4 is 0 Å². The number of rotatable bonds is 4. The highest BCUT2D eigenvalue weighted by Gasteiger charge is 2.12. The van der Waals surface area contributed by atoms with E-state index in [9.17, 15) is 18.3 Å². The van der Waals surface area contributed by atoms with Crippen molar-refractivity contribution in [3.8, 4) is 5.75 Å². The van der Waals surface area contributed by atoms with Crippen LogP contribution in [0, 0.1) is 17.5 Å². The molecule has 1 N–H and O–H groups in total. The number of benzene rings is 2. The molecule has 2 aromatic carbocycles. The van der Waals surface area contributed by atoms with Gasteiger partial charge in [0.15, 0.2) is 0 Å².